The minimum absolute atomic E-state index is 0.143. The van der Waals surface area contributed by atoms with E-state index in [1.807, 2.05) is 7.05 Å². The first-order valence-corrected chi connectivity index (χ1v) is 9.82. The molecule has 4 aliphatic rings. The summed E-state index contributed by atoms with van der Waals surface area (Å²) >= 11 is 0. The fraction of sp³-hybridized carbons (Fsp3) is 0.375. The quantitative estimate of drug-likeness (QED) is 0.569. The number of benzene rings is 2. The van der Waals surface area contributed by atoms with Gasteiger partial charge in [0, 0.05) is 18.2 Å². The molecule has 2 aromatic carbocycles. The lowest BCUT2D eigenvalue weighted by Gasteiger charge is -2.29. The highest BCUT2D eigenvalue weighted by Crippen LogP contribution is 2.67. The number of hydrogen-bond donors (Lipinski definition) is 0. The zero-order chi connectivity index (χ0) is 17.5. The van der Waals surface area contributed by atoms with Gasteiger partial charge in [0.25, 0.3) is 0 Å². The van der Waals surface area contributed by atoms with Crippen LogP contribution in [-0.4, -0.2) is 13.5 Å². The van der Waals surface area contributed by atoms with Gasteiger partial charge in [-0.1, -0.05) is 42.5 Å². The normalized spacial score (nSPS) is 34.8. The molecule has 2 saturated carbocycles. The zero-order valence-electron chi connectivity index (χ0n) is 15.1. The molecule has 0 radical (unpaired) electrons. The number of rotatable bonds is 2. The van der Waals surface area contributed by atoms with Gasteiger partial charge in [-0.2, -0.15) is 0 Å². The maximum atomic E-state index is 11.3. The molecule has 4 unspecified atom stereocenters. The van der Waals surface area contributed by atoms with Crippen molar-refractivity contribution in [3.05, 3.63) is 65.7 Å². The van der Waals surface area contributed by atoms with Gasteiger partial charge in [0.1, 0.15) is 0 Å². The van der Waals surface area contributed by atoms with Crippen LogP contribution in [0.1, 0.15) is 30.4 Å². The maximum Gasteiger partial charge on any atom is 0.213 e. The number of nitrogens with zero attached hydrogens (tertiary/aromatic N) is 1. The predicted octanol–water partition coefficient (Wildman–Crippen LogP) is 4.78. The van der Waals surface area contributed by atoms with Crippen molar-refractivity contribution in [1.82, 2.24) is 0 Å². The molecule has 6 rings (SSSR count). The summed E-state index contributed by atoms with van der Waals surface area (Å²) in [6.07, 6.45) is 9.80. The van der Waals surface area contributed by atoms with Gasteiger partial charge in [0.05, 0.1) is 0 Å². The van der Waals surface area contributed by atoms with Gasteiger partial charge in [-0.3, -0.25) is 4.79 Å². The van der Waals surface area contributed by atoms with Crippen LogP contribution in [0.25, 0.3) is 11.1 Å². The van der Waals surface area contributed by atoms with Crippen molar-refractivity contribution in [2.75, 3.05) is 11.9 Å². The molecule has 0 aliphatic heterocycles. The fourth-order valence-electron chi connectivity index (χ4n) is 6.68. The highest BCUT2D eigenvalue weighted by molar-refractivity contribution is 5.85. The Bertz CT molecular complexity index is 938. The van der Waals surface area contributed by atoms with Crippen molar-refractivity contribution in [3.63, 3.8) is 0 Å². The Balaban J connectivity index is 1.55. The minimum atomic E-state index is 0.143. The summed E-state index contributed by atoms with van der Waals surface area (Å²) in [5, 5.41) is 0. The number of carbonyl (C=O) groups excluding carboxylic acids is 1. The first-order chi connectivity index (χ1) is 12.7. The molecular formula is C24H23NO. The second-order valence-electron chi connectivity index (χ2n) is 8.76. The second-order valence-corrected chi connectivity index (χ2v) is 8.76. The Labute approximate surface area is 154 Å². The topological polar surface area (TPSA) is 20.3 Å². The smallest absolute Gasteiger partial charge is 0.213 e. The standard InChI is InChI=1S/C24H23NO/c1-25(14-26)17-8-9-19-18-4-2-3-5-22(18)24(23(19)11-17)12-20-15-6-7-16(10-15)21(20)13-24/h2-9,11,14-16,20-21H,10,12-13H2,1H3. The highest BCUT2D eigenvalue weighted by atomic mass is 16.1. The summed E-state index contributed by atoms with van der Waals surface area (Å²) in [7, 11) is 1.84. The first kappa shape index (κ1) is 14.8. The van der Waals surface area contributed by atoms with Crippen LogP contribution in [0.2, 0.25) is 0 Å². The molecule has 4 atom stereocenters. The van der Waals surface area contributed by atoms with E-state index in [4.69, 9.17) is 0 Å². The van der Waals surface area contributed by atoms with E-state index < -0.39 is 0 Å². The van der Waals surface area contributed by atoms with Crippen molar-refractivity contribution < 1.29 is 4.79 Å². The SMILES string of the molecule is CN(C=O)c1ccc2c(c1)C1(CC3C4C=CC(C4)C3C1)c1ccccc1-2. The van der Waals surface area contributed by atoms with E-state index >= 15 is 0 Å². The molecule has 2 aromatic rings. The van der Waals surface area contributed by atoms with Gasteiger partial charge in [0.2, 0.25) is 6.41 Å². The lowest BCUT2D eigenvalue weighted by molar-refractivity contribution is -0.107. The number of allylic oxidation sites excluding steroid dienone is 2. The highest BCUT2D eigenvalue weighted by Gasteiger charge is 2.58. The molecule has 1 spiro atoms. The van der Waals surface area contributed by atoms with Crippen LogP contribution in [0, 0.1) is 23.7 Å². The Morgan fingerprint density at radius 2 is 1.65 bits per heavy atom. The average Bonchev–Trinajstić information content (AvgIpc) is 3.43. The molecule has 1 amide bonds. The van der Waals surface area contributed by atoms with Crippen LogP contribution in [-0.2, 0) is 10.2 Å². The molecule has 0 heterocycles. The van der Waals surface area contributed by atoms with Crippen LogP contribution in [0.4, 0.5) is 5.69 Å². The Morgan fingerprint density at radius 3 is 2.38 bits per heavy atom. The maximum absolute atomic E-state index is 11.3. The van der Waals surface area contributed by atoms with Gasteiger partial charge in [-0.25, -0.2) is 0 Å². The third-order valence-corrected chi connectivity index (χ3v) is 7.78. The predicted molar refractivity (Wildman–Crippen MR) is 104 cm³/mol. The summed E-state index contributed by atoms with van der Waals surface area (Å²) in [5.41, 5.74) is 6.91. The lowest BCUT2D eigenvalue weighted by atomic mass is 9.74. The third-order valence-electron chi connectivity index (χ3n) is 7.78. The van der Waals surface area contributed by atoms with Crippen LogP contribution >= 0.6 is 0 Å². The summed E-state index contributed by atoms with van der Waals surface area (Å²) in [4.78, 5) is 13.0. The molecule has 0 aromatic heterocycles. The summed E-state index contributed by atoms with van der Waals surface area (Å²) in [6, 6.07) is 15.6. The second kappa shape index (κ2) is 4.88. The van der Waals surface area contributed by atoms with Gasteiger partial charge < -0.3 is 4.90 Å². The summed E-state index contributed by atoms with van der Waals surface area (Å²) in [5.74, 6) is 3.25. The molecule has 2 fully saturated rings. The van der Waals surface area contributed by atoms with E-state index in [1.54, 1.807) is 4.90 Å². The van der Waals surface area contributed by atoms with Crippen molar-refractivity contribution in [1.29, 1.82) is 0 Å². The molecule has 2 heteroatoms. The minimum Gasteiger partial charge on any atom is -0.318 e. The largest absolute Gasteiger partial charge is 0.318 e. The number of fused-ring (bicyclic) bond motifs is 10. The molecule has 0 saturated heterocycles. The van der Waals surface area contributed by atoms with Crippen LogP contribution < -0.4 is 4.90 Å². The van der Waals surface area contributed by atoms with Gasteiger partial charge in [0.15, 0.2) is 0 Å². The van der Waals surface area contributed by atoms with Gasteiger partial charge >= 0.3 is 0 Å². The van der Waals surface area contributed by atoms with Gasteiger partial charge in [-0.15, -0.1) is 0 Å². The van der Waals surface area contributed by atoms with E-state index in [9.17, 15) is 4.79 Å². The van der Waals surface area contributed by atoms with Gasteiger partial charge in [-0.05, 0) is 77.3 Å². The Morgan fingerprint density at radius 1 is 0.962 bits per heavy atom. The monoisotopic (exact) mass is 341 g/mol. The molecule has 0 N–H and O–H groups in total. The van der Waals surface area contributed by atoms with E-state index in [0.717, 1.165) is 35.8 Å². The molecule has 2 nitrogen and oxygen atoms in total. The Hall–Kier alpha value is -2.35. The number of carbonyl (C=O) groups is 1. The number of amides is 1. The molecule has 130 valence electrons. The van der Waals surface area contributed by atoms with E-state index in [-0.39, 0.29) is 5.41 Å². The zero-order valence-corrected chi connectivity index (χ0v) is 15.1. The number of hydrogen-bond acceptors (Lipinski definition) is 1. The first-order valence-electron chi connectivity index (χ1n) is 9.82. The Kier molecular flexibility index (Phi) is 2.77. The van der Waals surface area contributed by atoms with Crippen LogP contribution in [0.3, 0.4) is 0 Å². The van der Waals surface area contributed by atoms with Crippen molar-refractivity contribution in [2.45, 2.75) is 24.7 Å². The van der Waals surface area contributed by atoms with Crippen LogP contribution in [0.15, 0.2) is 54.6 Å². The fourth-order valence-corrected chi connectivity index (χ4v) is 6.68. The third kappa shape index (κ3) is 1.66. The molecular weight excluding hydrogens is 318 g/mol. The average molecular weight is 341 g/mol. The van der Waals surface area contributed by atoms with E-state index in [0.29, 0.717) is 0 Å². The van der Waals surface area contributed by atoms with Crippen LogP contribution in [0.5, 0.6) is 0 Å². The van der Waals surface area contributed by atoms with Crippen molar-refractivity contribution in [2.24, 2.45) is 23.7 Å². The van der Waals surface area contributed by atoms with Crippen molar-refractivity contribution >= 4 is 12.1 Å². The summed E-state index contributed by atoms with van der Waals surface area (Å²) < 4.78 is 0. The van der Waals surface area contributed by atoms with E-state index in [2.05, 4.69) is 54.6 Å². The molecule has 4 aliphatic carbocycles. The lowest BCUT2D eigenvalue weighted by Crippen LogP contribution is -2.24. The van der Waals surface area contributed by atoms with Crippen molar-refractivity contribution in [3.8, 4) is 11.1 Å². The summed E-state index contributed by atoms with van der Waals surface area (Å²) in [6.45, 7) is 0. The molecule has 2 bridgehead atoms. The number of anilines is 1. The molecule has 26 heavy (non-hydrogen) atoms. The van der Waals surface area contributed by atoms with E-state index in [1.165, 1.54) is 41.5 Å².